The second-order valence-electron chi connectivity index (χ2n) is 6.52. The molecular formula is C22H28N3O3+. The number of carbonyl (C=O) groups excluding carboxylic acids is 1. The Morgan fingerprint density at radius 2 is 1.82 bits per heavy atom. The summed E-state index contributed by atoms with van der Waals surface area (Å²) in [4.78, 5) is 12.5. The molecule has 0 unspecified atom stereocenters. The summed E-state index contributed by atoms with van der Waals surface area (Å²) in [5.41, 5.74) is 2.19. The summed E-state index contributed by atoms with van der Waals surface area (Å²) < 4.78 is 11.3. The first-order valence-corrected chi connectivity index (χ1v) is 9.54. The fourth-order valence-corrected chi connectivity index (χ4v) is 2.91. The number of ether oxygens (including phenoxy) is 2. The minimum atomic E-state index is -0.303. The predicted octanol–water partition coefficient (Wildman–Crippen LogP) is 3.01. The van der Waals surface area contributed by atoms with E-state index in [1.54, 1.807) is 24.3 Å². The van der Waals surface area contributed by atoms with Gasteiger partial charge >= 0.3 is 0 Å². The lowest BCUT2D eigenvalue weighted by Crippen LogP contribution is -2.91. The van der Waals surface area contributed by atoms with E-state index in [4.69, 9.17) is 14.7 Å². The minimum absolute atomic E-state index is 0.0566. The molecule has 0 fully saturated rings. The van der Waals surface area contributed by atoms with Gasteiger partial charge in [0.05, 0.1) is 24.8 Å². The molecule has 0 aliphatic heterocycles. The third-order valence-corrected chi connectivity index (χ3v) is 4.34. The number of nitrogens with one attached hydrogen (secondary N) is 1. The van der Waals surface area contributed by atoms with E-state index in [0.717, 1.165) is 11.3 Å². The fraction of sp³-hybridized carbons (Fsp3) is 0.364. The van der Waals surface area contributed by atoms with E-state index in [1.807, 2.05) is 51.2 Å². The van der Waals surface area contributed by atoms with Gasteiger partial charge in [-0.15, -0.1) is 0 Å². The highest BCUT2D eigenvalue weighted by molar-refractivity contribution is 5.93. The van der Waals surface area contributed by atoms with Crippen molar-refractivity contribution in [2.75, 3.05) is 18.5 Å². The van der Waals surface area contributed by atoms with Crippen molar-refractivity contribution in [3.63, 3.8) is 0 Å². The number of hydrogen-bond donors (Lipinski definition) is 2. The fourth-order valence-electron chi connectivity index (χ4n) is 2.91. The topological polar surface area (TPSA) is 88.0 Å². The molecule has 2 rings (SSSR count). The van der Waals surface area contributed by atoms with E-state index >= 15 is 0 Å². The number of quaternary nitrogens is 1. The number of anilines is 1. The molecule has 3 N–H and O–H groups in total. The summed E-state index contributed by atoms with van der Waals surface area (Å²) in [5, 5.41) is 13.8. The van der Waals surface area contributed by atoms with Crippen molar-refractivity contribution in [2.24, 2.45) is 0 Å². The van der Waals surface area contributed by atoms with Gasteiger partial charge < -0.3 is 20.1 Å². The molecule has 0 aromatic heterocycles. The highest BCUT2D eigenvalue weighted by Crippen LogP contribution is 2.30. The van der Waals surface area contributed by atoms with Gasteiger partial charge in [0.2, 0.25) is 0 Å². The highest BCUT2D eigenvalue weighted by Gasteiger charge is 2.21. The van der Waals surface area contributed by atoms with Crippen LogP contribution in [0.15, 0.2) is 42.5 Å². The third-order valence-electron chi connectivity index (χ3n) is 4.34. The van der Waals surface area contributed by atoms with Gasteiger partial charge in [-0.1, -0.05) is 6.07 Å². The Morgan fingerprint density at radius 3 is 2.50 bits per heavy atom. The second-order valence-corrected chi connectivity index (χ2v) is 6.52. The molecule has 0 saturated carbocycles. The molecule has 0 radical (unpaired) electrons. The largest absolute Gasteiger partial charge is 0.490 e. The first kappa shape index (κ1) is 21.3. The lowest BCUT2D eigenvalue weighted by molar-refractivity contribution is -0.709. The van der Waals surface area contributed by atoms with Gasteiger partial charge in [-0.25, -0.2) is 0 Å². The van der Waals surface area contributed by atoms with Gasteiger partial charge in [0.25, 0.3) is 5.91 Å². The van der Waals surface area contributed by atoms with E-state index in [9.17, 15) is 4.79 Å². The van der Waals surface area contributed by atoms with E-state index in [2.05, 4.69) is 11.4 Å². The monoisotopic (exact) mass is 382 g/mol. The smallest absolute Gasteiger partial charge is 0.282 e. The summed E-state index contributed by atoms with van der Waals surface area (Å²) in [7, 11) is 0. The number of rotatable bonds is 9. The van der Waals surface area contributed by atoms with Crippen LogP contribution < -0.4 is 20.1 Å². The van der Waals surface area contributed by atoms with Gasteiger partial charge in [-0.3, -0.25) is 4.79 Å². The standard InChI is InChI=1S/C22H27N3O3/c1-5-27-20-11-10-18(13-21(20)28-6-2)15(3)24-16(4)22(26)25-19-9-7-8-17(12-19)14-23/h7-13,15-16,24H,5-6H2,1-4H3,(H,25,26)/p+1/t15-,16+/m0/s1. The maximum Gasteiger partial charge on any atom is 0.282 e. The molecule has 6 nitrogen and oxygen atoms in total. The van der Waals surface area contributed by atoms with E-state index in [-0.39, 0.29) is 18.0 Å². The maximum atomic E-state index is 12.5. The normalized spacial score (nSPS) is 12.5. The van der Waals surface area contributed by atoms with Crippen molar-refractivity contribution in [1.82, 2.24) is 0 Å². The molecule has 0 saturated heterocycles. The summed E-state index contributed by atoms with van der Waals surface area (Å²) in [6.45, 7) is 8.91. The van der Waals surface area contributed by atoms with Crippen molar-refractivity contribution in [3.05, 3.63) is 53.6 Å². The zero-order valence-corrected chi connectivity index (χ0v) is 16.9. The van der Waals surface area contributed by atoms with Crippen molar-refractivity contribution < 1.29 is 19.6 Å². The molecule has 0 bridgehead atoms. The lowest BCUT2D eigenvalue weighted by atomic mass is 10.1. The van der Waals surface area contributed by atoms with Crippen molar-refractivity contribution in [1.29, 1.82) is 5.26 Å². The van der Waals surface area contributed by atoms with Crippen LogP contribution >= 0.6 is 0 Å². The van der Waals surface area contributed by atoms with Gasteiger partial charge in [0, 0.05) is 11.3 Å². The Hall–Kier alpha value is -3.04. The van der Waals surface area contributed by atoms with Crippen LogP contribution in [0.3, 0.4) is 0 Å². The average molecular weight is 382 g/mol. The molecular weight excluding hydrogens is 354 g/mol. The van der Waals surface area contributed by atoms with Crippen LogP contribution in [0.2, 0.25) is 0 Å². The van der Waals surface area contributed by atoms with E-state index < -0.39 is 0 Å². The van der Waals surface area contributed by atoms with Gasteiger partial charge in [0.15, 0.2) is 17.5 Å². The van der Waals surface area contributed by atoms with Crippen molar-refractivity contribution in [3.8, 4) is 17.6 Å². The number of nitrogens with two attached hydrogens (primary N) is 1. The molecule has 0 aliphatic rings. The Kier molecular flexibility index (Phi) is 7.85. The second kappa shape index (κ2) is 10.3. The van der Waals surface area contributed by atoms with Crippen LogP contribution in [0.4, 0.5) is 5.69 Å². The highest BCUT2D eigenvalue weighted by atomic mass is 16.5. The van der Waals surface area contributed by atoms with E-state index in [0.29, 0.717) is 30.2 Å². The quantitative estimate of drug-likeness (QED) is 0.698. The molecule has 28 heavy (non-hydrogen) atoms. The molecule has 0 aliphatic carbocycles. The van der Waals surface area contributed by atoms with Crippen LogP contribution in [0, 0.1) is 11.3 Å². The summed E-state index contributed by atoms with van der Waals surface area (Å²) in [6.07, 6.45) is 0. The summed E-state index contributed by atoms with van der Waals surface area (Å²) in [6, 6.07) is 14.6. The van der Waals surface area contributed by atoms with Gasteiger partial charge in [-0.2, -0.15) is 5.26 Å². The van der Waals surface area contributed by atoms with Crippen LogP contribution in [-0.2, 0) is 4.79 Å². The van der Waals surface area contributed by atoms with Crippen LogP contribution in [0.25, 0.3) is 0 Å². The third kappa shape index (κ3) is 5.73. The molecule has 2 atom stereocenters. The number of carbonyl (C=O) groups is 1. The number of hydrogen-bond acceptors (Lipinski definition) is 4. The number of benzene rings is 2. The van der Waals surface area contributed by atoms with Gasteiger partial charge in [-0.05, 0) is 64.1 Å². The van der Waals surface area contributed by atoms with Gasteiger partial charge in [0.1, 0.15) is 6.04 Å². The minimum Gasteiger partial charge on any atom is -0.490 e. The zero-order chi connectivity index (χ0) is 20.5. The first-order chi connectivity index (χ1) is 13.5. The zero-order valence-electron chi connectivity index (χ0n) is 16.9. The molecule has 2 aromatic rings. The molecule has 148 valence electrons. The number of nitrogens with zero attached hydrogens (tertiary/aromatic N) is 1. The average Bonchev–Trinajstić information content (AvgIpc) is 2.69. The first-order valence-electron chi connectivity index (χ1n) is 9.54. The van der Waals surface area contributed by atoms with Crippen LogP contribution in [-0.4, -0.2) is 25.2 Å². The Balaban J connectivity index is 2.04. The Morgan fingerprint density at radius 1 is 1.11 bits per heavy atom. The Labute approximate surface area is 166 Å². The Bertz CT molecular complexity index is 845. The number of nitriles is 1. The number of amides is 1. The molecule has 6 heteroatoms. The molecule has 2 aromatic carbocycles. The maximum absolute atomic E-state index is 12.5. The van der Waals surface area contributed by atoms with Crippen LogP contribution in [0.5, 0.6) is 11.5 Å². The van der Waals surface area contributed by atoms with Crippen molar-refractivity contribution >= 4 is 11.6 Å². The summed E-state index contributed by atoms with van der Waals surface area (Å²) >= 11 is 0. The lowest BCUT2D eigenvalue weighted by Gasteiger charge is -2.18. The molecule has 0 heterocycles. The molecule has 1 amide bonds. The molecule has 0 spiro atoms. The summed E-state index contributed by atoms with van der Waals surface area (Å²) in [5.74, 6) is 1.33. The SMILES string of the molecule is CCOc1ccc([C@H](C)[NH2+][C@H](C)C(=O)Nc2cccc(C#N)c2)cc1OCC. The predicted molar refractivity (Wildman–Crippen MR) is 108 cm³/mol. The van der Waals surface area contributed by atoms with Crippen LogP contribution in [0.1, 0.15) is 44.9 Å². The van der Waals surface area contributed by atoms with Crippen molar-refractivity contribution in [2.45, 2.75) is 39.8 Å². The van der Waals surface area contributed by atoms with E-state index in [1.165, 1.54) is 0 Å².